The van der Waals surface area contributed by atoms with Crippen LogP contribution in [0.5, 0.6) is 0 Å². The molecule has 2 aromatic rings. The Balaban J connectivity index is 2.18. The largest absolute Gasteiger partial charge is 0.323 e. The van der Waals surface area contributed by atoms with E-state index < -0.39 is 17.8 Å². The highest BCUT2D eigenvalue weighted by Crippen LogP contribution is 2.21. The van der Waals surface area contributed by atoms with Gasteiger partial charge >= 0.3 is 0 Å². The second kappa shape index (κ2) is 5.61. The summed E-state index contributed by atoms with van der Waals surface area (Å²) in [6.07, 6.45) is 0. The number of hydrogen-bond acceptors (Lipinski definition) is 4. The first-order chi connectivity index (χ1) is 9.11. The lowest BCUT2D eigenvalue weighted by molar-refractivity contribution is -0.117. The van der Waals surface area contributed by atoms with Crippen molar-refractivity contribution in [1.29, 1.82) is 5.26 Å². The van der Waals surface area contributed by atoms with Crippen molar-refractivity contribution in [2.75, 3.05) is 5.32 Å². The van der Waals surface area contributed by atoms with Crippen LogP contribution in [0.15, 0.2) is 35.7 Å². The predicted octanol–water partition coefficient (Wildman–Crippen LogP) is 2.40. The molecule has 1 aromatic carbocycles. The normalized spacial score (nSPS) is 11.6. The van der Waals surface area contributed by atoms with E-state index in [-0.39, 0.29) is 11.3 Å². The summed E-state index contributed by atoms with van der Waals surface area (Å²) < 4.78 is 13.0. The summed E-state index contributed by atoms with van der Waals surface area (Å²) in [5.41, 5.74) is 6.11. The van der Waals surface area contributed by atoms with Crippen molar-refractivity contribution in [3.8, 4) is 6.07 Å². The summed E-state index contributed by atoms with van der Waals surface area (Å²) in [4.78, 5) is 12.7. The van der Waals surface area contributed by atoms with Crippen LogP contribution < -0.4 is 11.1 Å². The first-order valence-electron chi connectivity index (χ1n) is 5.41. The molecule has 1 heterocycles. The van der Waals surface area contributed by atoms with Gasteiger partial charge in [0.2, 0.25) is 5.91 Å². The zero-order valence-corrected chi connectivity index (χ0v) is 10.6. The minimum Gasteiger partial charge on any atom is -0.323 e. The second-order valence-corrected chi connectivity index (χ2v) is 4.76. The van der Waals surface area contributed by atoms with E-state index in [2.05, 4.69) is 5.32 Å². The zero-order valence-electron chi connectivity index (χ0n) is 9.76. The molecule has 0 bridgehead atoms. The highest BCUT2D eigenvalue weighted by Gasteiger charge is 2.18. The van der Waals surface area contributed by atoms with Gasteiger partial charge in [-0.1, -0.05) is 6.07 Å². The number of hydrogen-bond donors (Lipinski definition) is 2. The fourth-order valence-electron chi connectivity index (χ4n) is 1.53. The number of nitrogens with one attached hydrogen (secondary N) is 1. The lowest BCUT2D eigenvalue weighted by Gasteiger charge is -2.11. The minimum absolute atomic E-state index is 0.0618. The number of rotatable bonds is 3. The van der Waals surface area contributed by atoms with Gasteiger partial charge in [0, 0.05) is 4.88 Å². The molecule has 0 radical (unpaired) electrons. The molecule has 0 aliphatic rings. The standard InChI is InChI=1S/C13H10FN3OS/c14-9-3-4-10(8(6-9)7-15)17-13(18)12(16)11-2-1-5-19-11/h1-6,12H,16H2,(H,17,18). The highest BCUT2D eigenvalue weighted by atomic mass is 32.1. The van der Waals surface area contributed by atoms with Crippen LogP contribution in [0.2, 0.25) is 0 Å². The van der Waals surface area contributed by atoms with Crippen molar-refractivity contribution in [1.82, 2.24) is 0 Å². The van der Waals surface area contributed by atoms with Gasteiger partial charge in [0.1, 0.15) is 17.9 Å². The molecule has 2 rings (SSSR count). The zero-order chi connectivity index (χ0) is 13.8. The van der Waals surface area contributed by atoms with Crippen molar-refractivity contribution in [2.45, 2.75) is 6.04 Å². The molecule has 4 nitrogen and oxygen atoms in total. The smallest absolute Gasteiger partial charge is 0.246 e. The van der Waals surface area contributed by atoms with Crippen molar-refractivity contribution in [3.63, 3.8) is 0 Å². The molecule has 0 fully saturated rings. The molecule has 1 unspecified atom stereocenters. The van der Waals surface area contributed by atoms with Gasteiger partial charge in [-0.2, -0.15) is 5.26 Å². The number of carbonyl (C=O) groups is 1. The van der Waals surface area contributed by atoms with E-state index in [0.29, 0.717) is 0 Å². The average molecular weight is 275 g/mol. The Hall–Kier alpha value is -2.23. The number of nitriles is 1. The van der Waals surface area contributed by atoms with Crippen molar-refractivity contribution >= 4 is 22.9 Å². The summed E-state index contributed by atoms with van der Waals surface area (Å²) in [6.45, 7) is 0. The van der Waals surface area contributed by atoms with Crippen LogP contribution in [0.1, 0.15) is 16.5 Å². The molecular weight excluding hydrogens is 265 g/mol. The van der Waals surface area contributed by atoms with Gasteiger partial charge in [0.05, 0.1) is 11.3 Å². The number of thiophene rings is 1. The topological polar surface area (TPSA) is 78.9 Å². The van der Waals surface area contributed by atoms with Crippen LogP contribution in [-0.2, 0) is 4.79 Å². The SMILES string of the molecule is N#Cc1cc(F)ccc1NC(=O)C(N)c1cccs1. The molecule has 19 heavy (non-hydrogen) atoms. The number of amides is 1. The van der Waals surface area contributed by atoms with Gasteiger partial charge in [-0.3, -0.25) is 4.79 Å². The van der Waals surface area contributed by atoms with E-state index in [4.69, 9.17) is 11.0 Å². The third-order valence-electron chi connectivity index (χ3n) is 2.49. The Labute approximate surface area is 113 Å². The molecule has 96 valence electrons. The van der Waals surface area contributed by atoms with E-state index in [1.165, 1.54) is 23.5 Å². The van der Waals surface area contributed by atoms with E-state index in [1.54, 1.807) is 12.1 Å². The molecule has 0 aliphatic heterocycles. The summed E-state index contributed by atoms with van der Waals surface area (Å²) in [6, 6.07) is 8.14. The van der Waals surface area contributed by atoms with Gasteiger partial charge in [-0.25, -0.2) is 4.39 Å². The van der Waals surface area contributed by atoms with Crippen LogP contribution in [0.3, 0.4) is 0 Å². The third-order valence-corrected chi connectivity index (χ3v) is 3.45. The summed E-state index contributed by atoms with van der Waals surface area (Å²) in [7, 11) is 0. The maximum Gasteiger partial charge on any atom is 0.246 e. The molecule has 6 heteroatoms. The Morgan fingerprint density at radius 2 is 2.26 bits per heavy atom. The number of benzene rings is 1. The maximum absolute atomic E-state index is 13.0. The molecule has 0 saturated carbocycles. The van der Waals surface area contributed by atoms with Crippen LogP contribution >= 0.6 is 11.3 Å². The van der Waals surface area contributed by atoms with Crippen molar-refractivity contribution in [3.05, 3.63) is 52.0 Å². The first kappa shape index (κ1) is 13.2. The Bertz CT molecular complexity index is 634. The molecule has 1 amide bonds. The maximum atomic E-state index is 13.0. The third kappa shape index (κ3) is 2.96. The lowest BCUT2D eigenvalue weighted by Crippen LogP contribution is -2.27. The molecule has 3 N–H and O–H groups in total. The fourth-order valence-corrected chi connectivity index (χ4v) is 2.25. The number of nitrogens with zero attached hydrogens (tertiary/aromatic N) is 1. The van der Waals surface area contributed by atoms with E-state index in [9.17, 15) is 9.18 Å². The van der Waals surface area contributed by atoms with E-state index in [0.717, 1.165) is 10.9 Å². The molecule has 0 saturated heterocycles. The Kier molecular flexibility index (Phi) is 3.90. The first-order valence-corrected chi connectivity index (χ1v) is 6.29. The monoisotopic (exact) mass is 275 g/mol. The summed E-state index contributed by atoms with van der Waals surface area (Å²) in [5.74, 6) is -0.970. The van der Waals surface area contributed by atoms with E-state index in [1.807, 2.05) is 11.4 Å². The highest BCUT2D eigenvalue weighted by molar-refractivity contribution is 7.10. The number of anilines is 1. The molecule has 1 aromatic heterocycles. The Morgan fingerprint density at radius 3 is 2.89 bits per heavy atom. The second-order valence-electron chi connectivity index (χ2n) is 3.78. The van der Waals surface area contributed by atoms with Crippen LogP contribution in [0.25, 0.3) is 0 Å². The Morgan fingerprint density at radius 1 is 1.47 bits per heavy atom. The van der Waals surface area contributed by atoms with Crippen LogP contribution in [0.4, 0.5) is 10.1 Å². The van der Waals surface area contributed by atoms with Gasteiger partial charge in [-0.05, 0) is 29.6 Å². The van der Waals surface area contributed by atoms with Crippen LogP contribution in [-0.4, -0.2) is 5.91 Å². The summed E-state index contributed by atoms with van der Waals surface area (Å²) >= 11 is 1.37. The molecule has 0 spiro atoms. The van der Waals surface area contributed by atoms with Crippen molar-refractivity contribution in [2.24, 2.45) is 5.73 Å². The lowest BCUT2D eigenvalue weighted by atomic mass is 10.1. The number of nitrogens with two attached hydrogens (primary N) is 1. The quantitative estimate of drug-likeness (QED) is 0.902. The molecular formula is C13H10FN3OS. The van der Waals surface area contributed by atoms with Crippen LogP contribution in [0, 0.1) is 17.1 Å². The minimum atomic E-state index is -0.809. The molecule has 0 aliphatic carbocycles. The van der Waals surface area contributed by atoms with Crippen molar-refractivity contribution < 1.29 is 9.18 Å². The van der Waals surface area contributed by atoms with E-state index >= 15 is 0 Å². The summed E-state index contributed by atoms with van der Waals surface area (Å²) in [5, 5.41) is 13.2. The number of carbonyl (C=O) groups excluding carboxylic acids is 1. The predicted molar refractivity (Wildman–Crippen MR) is 71.0 cm³/mol. The molecule has 1 atom stereocenters. The van der Waals surface area contributed by atoms with Gasteiger partial charge in [-0.15, -0.1) is 11.3 Å². The fraction of sp³-hybridized carbons (Fsp3) is 0.0769. The number of halogens is 1. The van der Waals surface area contributed by atoms with Gasteiger partial charge in [0.15, 0.2) is 0 Å². The average Bonchev–Trinajstić information content (AvgIpc) is 2.93. The van der Waals surface area contributed by atoms with Gasteiger partial charge < -0.3 is 11.1 Å². The van der Waals surface area contributed by atoms with Gasteiger partial charge in [0.25, 0.3) is 0 Å².